The summed E-state index contributed by atoms with van der Waals surface area (Å²) in [6.45, 7) is 0.621. The second-order valence-corrected chi connectivity index (χ2v) is 6.92. The summed E-state index contributed by atoms with van der Waals surface area (Å²) >= 11 is 1.81. The van der Waals surface area contributed by atoms with Crippen LogP contribution in [0.25, 0.3) is 0 Å². The first-order valence-electron chi connectivity index (χ1n) is 6.87. The molecule has 5 nitrogen and oxygen atoms in total. The number of rotatable bonds is 5. The molecule has 0 saturated heterocycles. The molecule has 0 bridgehead atoms. The number of nitrogens with one attached hydrogen (secondary N) is 2. The van der Waals surface area contributed by atoms with E-state index in [0.29, 0.717) is 19.4 Å². The van der Waals surface area contributed by atoms with Crippen molar-refractivity contribution in [2.24, 2.45) is 0 Å². The van der Waals surface area contributed by atoms with E-state index in [2.05, 4.69) is 16.9 Å². The van der Waals surface area contributed by atoms with Gasteiger partial charge in [0.15, 0.2) is 0 Å². The lowest BCUT2D eigenvalue weighted by Crippen LogP contribution is -2.61. The highest BCUT2D eigenvalue weighted by molar-refractivity contribution is 8.00. The molecule has 0 aromatic rings. The van der Waals surface area contributed by atoms with E-state index in [-0.39, 0.29) is 10.8 Å². The van der Waals surface area contributed by atoms with Crippen LogP contribution < -0.4 is 10.6 Å². The SMILES string of the molecule is CSC1(CNC(=O)NC2(C(=O)O)CCC2)CCCC1. The van der Waals surface area contributed by atoms with Crippen molar-refractivity contribution < 1.29 is 14.7 Å². The van der Waals surface area contributed by atoms with Crippen molar-refractivity contribution in [2.45, 2.75) is 55.2 Å². The zero-order valence-electron chi connectivity index (χ0n) is 11.3. The Morgan fingerprint density at radius 2 is 1.79 bits per heavy atom. The maximum atomic E-state index is 11.9. The summed E-state index contributed by atoms with van der Waals surface area (Å²) in [7, 11) is 0. The largest absolute Gasteiger partial charge is 0.480 e. The van der Waals surface area contributed by atoms with E-state index in [9.17, 15) is 9.59 Å². The fourth-order valence-electron chi connectivity index (χ4n) is 2.90. The van der Waals surface area contributed by atoms with Gasteiger partial charge in [-0.05, 0) is 38.4 Å². The highest BCUT2D eigenvalue weighted by Crippen LogP contribution is 2.39. The Morgan fingerprint density at radius 3 is 2.21 bits per heavy atom. The molecule has 3 N–H and O–H groups in total. The summed E-state index contributed by atoms with van der Waals surface area (Å²) in [6.07, 6.45) is 8.67. The Hall–Kier alpha value is -0.910. The lowest BCUT2D eigenvalue weighted by molar-refractivity contribution is -0.148. The first-order valence-corrected chi connectivity index (χ1v) is 8.09. The molecule has 19 heavy (non-hydrogen) atoms. The molecule has 0 radical (unpaired) electrons. The Morgan fingerprint density at radius 1 is 1.16 bits per heavy atom. The summed E-state index contributed by atoms with van der Waals surface area (Å²) in [6, 6.07) is -0.345. The number of carboxylic acids is 1. The van der Waals surface area contributed by atoms with Gasteiger partial charge in [-0.1, -0.05) is 12.8 Å². The number of carbonyl (C=O) groups excluding carboxylic acids is 1. The standard InChI is InChI=1S/C13H22N2O3S/c1-19-12(5-2-3-6-12)9-14-11(18)15-13(10(16)17)7-4-8-13/h2-9H2,1H3,(H,16,17)(H2,14,15,18). The van der Waals surface area contributed by atoms with Gasteiger partial charge in [-0.25, -0.2) is 9.59 Å². The third-order valence-electron chi connectivity index (χ3n) is 4.49. The Labute approximate surface area is 117 Å². The molecule has 2 aliphatic carbocycles. The molecule has 0 aromatic heterocycles. The van der Waals surface area contributed by atoms with Gasteiger partial charge in [-0.15, -0.1) is 0 Å². The molecule has 0 unspecified atom stereocenters. The lowest BCUT2D eigenvalue weighted by Gasteiger charge is -2.38. The van der Waals surface area contributed by atoms with Crippen molar-refractivity contribution >= 4 is 23.8 Å². The molecular weight excluding hydrogens is 264 g/mol. The van der Waals surface area contributed by atoms with Gasteiger partial charge >= 0.3 is 12.0 Å². The van der Waals surface area contributed by atoms with E-state index in [1.54, 1.807) is 0 Å². The van der Waals surface area contributed by atoms with Crippen LogP contribution in [0.5, 0.6) is 0 Å². The fourth-order valence-corrected chi connectivity index (χ4v) is 3.81. The van der Waals surface area contributed by atoms with Gasteiger partial charge in [0, 0.05) is 11.3 Å². The van der Waals surface area contributed by atoms with Gasteiger partial charge in [0.1, 0.15) is 5.54 Å². The van der Waals surface area contributed by atoms with E-state index in [1.165, 1.54) is 12.8 Å². The van der Waals surface area contributed by atoms with Crippen LogP contribution in [-0.2, 0) is 4.79 Å². The van der Waals surface area contributed by atoms with E-state index < -0.39 is 11.5 Å². The first kappa shape index (κ1) is 14.5. The smallest absolute Gasteiger partial charge is 0.329 e. The molecule has 0 heterocycles. The third kappa shape index (κ3) is 2.99. The van der Waals surface area contributed by atoms with Gasteiger partial charge in [-0.3, -0.25) is 0 Å². The molecule has 0 atom stereocenters. The monoisotopic (exact) mass is 286 g/mol. The van der Waals surface area contributed by atoms with Crippen LogP contribution in [0.1, 0.15) is 44.9 Å². The summed E-state index contributed by atoms with van der Waals surface area (Å²) in [5.74, 6) is -0.922. The maximum absolute atomic E-state index is 11.9. The number of hydrogen-bond acceptors (Lipinski definition) is 3. The van der Waals surface area contributed by atoms with Crippen molar-refractivity contribution in [3.63, 3.8) is 0 Å². The van der Waals surface area contributed by atoms with Crippen LogP contribution in [0.3, 0.4) is 0 Å². The molecule has 108 valence electrons. The Balaban J connectivity index is 1.83. The third-order valence-corrected chi connectivity index (χ3v) is 5.91. The summed E-state index contributed by atoms with van der Waals surface area (Å²) in [4.78, 5) is 23.0. The zero-order valence-corrected chi connectivity index (χ0v) is 12.1. The van der Waals surface area contributed by atoms with Crippen molar-refractivity contribution in [3.05, 3.63) is 0 Å². The van der Waals surface area contributed by atoms with Crippen molar-refractivity contribution in [1.29, 1.82) is 0 Å². The molecule has 2 rings (SSSR count). The predicted octanol–water partition coefficient (Wildman–Crippen LogP) is 1.97. The minimum Gasteiger partial charge on any atom is -0.480 e. The molecule has 0 aromatic carbocycles. The maximum Gasteiger partial charge on any atom is 0.329 e. The van der Waals surface area contributed by atoms with Crippen LogP contribution in [0.4, 0.5) is 4.79 Å². The highest BCUT2D eigenvalue weighted by atomic mass is 32.2. The van der Waals surface area contributed by atoms with Crippen LogP contribution in [0.2, 0.25) is 0 Å². The zero-order chi connectivity index (χ0) is 13.9. The van der Waals surface area contributed by atoms with Crippen molar-refractivity contribution in [3.8, 4) is 0 Å². The summed E-state index contributed by atoms with van der Waals surface area (Å²) in [5, 5.41) is 14.7. The van der Waals surface area contributed by atoms with Gasteiger partial charge in [0.05, 0.1) is 0 Å². The lowest BCUT2D eigenvalue weighted by atomic mass is 9.77. The average Bonchev–Trinajstić information content (AvgIpc) is 2.80. The minimum atomic E-state index is -1.02. The Bertz CT molecular complexity index is 363. The molecule has 0 aliphatic heterocycles. The number of thioether (sulfide) groups is 1. The number of urea groups is 1. The van der Waals surface area contributed by atoms with Crippen LogP contribution in [-0.4, -0.2) is 40.2 Å². The van der Waals surface area contributed by atoms with Crippen LogP contribution in [0, 0.1) is 0 Å². The van der Waals surface area contributed by atoms with E-state index >= 15 is 0 Å². The average molecular weight is 286 g/mol. The van der Waals surface area contributed by atoms with Crippen LogP contribution in [0.15, 0.2) is 0 Å². The number of amides is 2. The van der Waals surface area contributed by atoms with E-state index in [0.717, 1.165) is 19.3 Å². The van der Waals surface area contributed by atoms with Gasteiger partial charge in [-0.2, -0.15) is 11.8 Å². The first-order chi connectivity index (χ1) is 9.02. The van der Waals surface area contributed by atoms with Crippen molar-refractivity contribution in [2.75, 3.05) is 12.8 Å². The number of hydrogen-bond donors (Lipinski definition) is 3. The molecule has 2 aliphatic rings. The molecule has 2 fully saturated rings. The topological polar surface area (TPSA) is 78.4 Å². The number of carbonyl (C=O) groups is 2. The highest BCUT2D eigenvalue weighted by Gasteiger charge is 2.46. The molecule has 2 amide bonds. The molecular formula is C13H22N2O3S. The van der Waals surface area contributed by atoms with Gasteiger partial charge in [0.25, 0.3) is 0 Å². The minimum absolute atomic E-state index is 0.146. The normalized spacial score (nSPS) is 23.4. The Kier molecular flexibility index (Phi) is 4.28. The van der Waals surface area contributed by atoms with Gasteiger partial charge in [0.2, 0.25) is 0 Å². The van der Waals surface area contributed by atoms with E-state index in [4.69, 9.17) is 5.11 Å². The molecule has 6 heteroatoms. The second kappa shape index (κ2) is 5.61. The predicted molar refractivity (Wildman–Crippen MR) is 75.5 cm³/mol. The second-order valence-electron chi connectivity index (χ2n) is 5.64. The van der Waals surface area contributed by atoms with E-state index in [1.807, 2.05) is 11.8 Å². The quantitative estimate of drug-likeness (QED) is 0.722. The number of carboxylic acid groups (broad SMARTS) is 1. The summed E-state index contributed by atoms with van der Waals surface area (Å²) in [5.41, 5.74) is -1.02. The molecule has 0 spiro atoms. The fraction of sp³-hybridized carbons (Fsp3) is 0.846. The van der Waals surface area contributed by atoms with Crippen molar-refractivity contribution in [1.82, 2.24) is 10.6 Å². The number of aliphatic carboxylic acids is 1. The summed E-state index contributed by atoms with van der Waals surface area (Å²) < 4.78 is 0.146. The van der Waals surface area contributed by atoms with Crippen LogP contribution >= 0.6 is 11.8 Å². The molecule has 2 saturated carbocycles. The van der Waals surface area contributed by atoms with Gasteiger partial charge < -0.3 is 15.7 Å².